The minimum atomic E-state index is 0.121. The quantitative estimate of drug-likeness (QED) is 0.533. The van der Waals surface area contributed by atoms with Gasteiger partial charge in [0.1, 0.15) is 0 Å². The lowest BCUT2D eigenvalue weighted by molar-refractivity contribution is 0.101. The van der Waals surface area contributed by atoms with Crippen molar-refractivity contribution >= 4 is 21.7 Å². The molecule has 0 N–H and O–H groups in total. The zero-order valence-corrected chi connectivity index (χ0v) is 8.97. The van der Waals surface area contributed by atoms with Crippen molar-refractivity contribution in [1.82, 2.24) is 0 Å². The molecule has 1 aromatic carbocycles. The van der Waals surface area contributed by atoms with Gasteiger partial charge in [0.25, 0.3) is 0 Å². The van der Waals surface area contributed by atoms with Crippen LogP contribution in [0.3, 0.4) is 0 Å². The van der Waals surface area contributed by atoms with Crippen LogP contribution in [0.25, 0.3) is 0 Å². The summed E-state index contributed by atoms with van der Waals surface area (Å²) in [5.74, 6) is 0.121. The fourth-order valence-electron chi connectivity index (χ4n) is 0.673. The van der Waals surface area contributed by atoms with E-state index in [1.165, 1.54) is 0 Å². The lowest BCUT2D eigenvalue weighted by atomic mass is 10.2. The normalized spacial score (nSPS) is 8.25. The predicted octanol–water partition coefficient (Wildman–Crippen LogP) is 3.29. The van der Waals surface area contributed by atoms with Crippen molar-refractivity contribution in [3.8, 4) is 0 Å². The molecule has 0 spiro atoms. The second-order valence-electron chi connectivity index (χ2n) is 2.19. The molecule has 0 radical (unpaired) electrons. The number of carbonyl (C=O) groups is 1. The number of carbonyl (C=O) groups excluding carboxylic acids is 1. The number of Topliss-reactive ketones (excluding diaryl/α,β-unsaturated/α-hetero) is 1. The number of alkyl halides is 1. The van der Waals surface area contributed by atoms with Crippen LogP contribution in [-0.2, 0) is 0 Å². The van der Waals surface area contributed by atoms with Gasteiger partial charge in [-0.1, -0.05) is 53.2 Å². The summed E-state index contributed by atoms with van der Waals surface area (Å²) in [5.41, 5.74) is 0.775. The largest absolute Gasteiger partial charge is 0.295 e. The highest BCUT2D eigenvalue weighted by molar-refractivity contribution is 9.09. The number of hydrogen-bond acceptors (Lipinski definition) is 1. The zero-order chi connectivity index (χ0) is 9.40. The summed E-state index contributed by atoms with van der Waals surface area (Å²) in [7, 11) is 0. The van der Waals surface area contributed by atoms with Gasteiger partial charge in [-0.3, -0.25) is 4.79 Å². The van der Waals surface area contributed by atoms with E-state index < -0.39 is 0 Å². The molecule has 0 saturated heterocycles. The van der Waals surface area contributed by atoms with Gasteiger partial charge < -0.3 is 0 Å². The van der Waals surface area contributed by atoms with E-state index in [0.717, 1.165) is 10.9 Å². The molecule has 0 saturated carbocycles. The fourth-order valence-corrected chi connectivity index (χ4v) is 0.673. The standard InChI is InChI=1S/C8H8O.C2H5Br/c1-7(9)8-5-3-2-4-6-8;1-2-3/h2-6H,1H3;2H2,1H3. The van der Waals surface area contributed by atoms with Crippen LogP contribution >= 0.6 is 15.9 Å². The molecule has 1 aromatic rings. The lowest BCUT2D eigenvalue weighted by Crippen LogP contribution is -1.88. The molecule has 0 aliphatic rings. The molecule has 12 heavy (non-hydrogen) atoms. The maximum atomic E-state index is 10.6. The van der Waals surface area contributed by atoms with Crippen LogP contribution in [0.2, 0.25) is 0 Å². The van der Waals surface area contributed by atoms with Gasteiger partial charge in [-0.15, -0.1) is 0 Å². The van der Waals surface area contributed by atoms with Gasteiger partial charge in [0, 0.05) is 10.9 Å². The molecular weight excluding hydrogens is 216 g/mol. The Bertz CT molecular complexity index is 219. The molecule has 2 heteroatoms. The molecule has 0 atom stereocenters. The van der Waals surface area contributed by atoms with Gasteiger partial charge in [-0.25, -0.2) is 0 Å². The maximum absolute atomic E-state index is 10.6. The van der Waals surface area contributed by atoms with Gasteiger partial charge >= 0.3 is 0 Å². The van der Waals surface area contributed by atoms with E-state index >= 15 is 0 Å². The Balaban J connectivity index is 0.000000354. The molecule has 0 aliphatic heterocycles. The summed E-state index contributed by atoms with van der Waals surface area (Å²) in [5, 5.41) is 1.06. The summed E-state index contributed by atoms with van der Waals surface area (Å²) in [4.78, 5) is 10.6. The lowest BCUT2D eigenvalue weighted by Gasteiger charge is -1.89. The predicted molar refractivity (Wildman–Crippen MR) is 55.9 cm³/mol. The van der Waals surface area contributed by atoms with Crippen molar-refractivity contribution < 1.29 is 4.79 Å². The molecule has 66 valence electrons. The van der Waals surface area contributed by atoms with E-state index in [2.05, 4.69) is 15.9 Å². The number of benzene rings is 1. The Morgan fingerprint density at radius 2 is 1.75 bits per heavy atom. The van der Waals surface area contributed by atoms with Crippen LogP contribution in [0.4, 0.5) is 0 Å². The SMILES string of the molecule is CC(=O)c1ccccc1.CCBr. The van der Waals surface area contributed by atoms with Crippen molar-refractivity contribution in [1.29, 1.82) is 0 Å². The van der Waals surface area contributed by atoms with Crippen LogP contribution in [-0.4, -0.2) is 11.1 Å². The van der Waals surface area contributed by atoms with Crippen LogP contribution < -0.4 is 0 Å². The van der Waals surface area contributed by atoms with Crippen molar-refractivity contribution in [3.63, 3.8) is 0 Å². The fraction of sp³-hybridized carbons (Fsp3) is 0.300. The first-order valence-corrected chi connectivity index (χ1v) is 4.96. The highest BCUT2D eigenvalue weighted by Gasteiger charge is 1.92. The summed E-state index contributed by atoms with van der Waals surface area (Å²) in [6, 6.07) is 9.23. The van der Waals surface area contributed by atoms with E-state index in [-0.39, 0.29) is 5.78 Å². The first-order chi connectivity index (χ1) is 5.72. The van der Waals surface area contributed by atoms with Gasteiger partial charge in [-0.2, -0.15) is 0 Å². The van der Waals surface area contributed by atoms with E-state index in [4.69, 9.17) is 0 Å². The van der Waals surface area contributed by atoms with Crippen LogP contribution in [0, 0.1) is 0 Å². The second-order valence-corrected chi connectivity index (χ2v) is 3.31. The van der Waals surface area contributed by atoms with Crippen molar-refractivity contribution in [2.24, 2.45) is 0 Å². The third kappa shape index (κ3) is 5.08. The van der Waals surface area contributed by atoms with E-state index in [1.807, 2.05) is 37.3 Å². The molecule has 0 amide bonds. The zero-order valence-electron chi connectivity index (χ0n) is 7.38. The third-order valence-corrected chi connectivity index (χ3v) is 1.18. The molecule has 0 bridgehead atoms. The molecular formula is C10H13BrO. The molecule has 1 rings (SSSR count). The summed E-state index contributed by atoms with van der Waals surface area (Å²) in [6.45, 7) is 3.61. The minimum Gasteiger partial charge on any atom is -0.295 e. The molecule has 0 aliphatic carbocycles. The van der Waals surface area contributed by atoms with Gasteiger partial charge in [-0.05, 0) is 6.92 Å². The Hall–Kier alpha value is -0.630. The number of hydrogen-bond donors (Lipinski definition) is 0. The summed E-state index contributed by atoms with van der Waals surface area (Å²) >= 11 is 3.15. The summed E-state index contributed by atoms with van der Waals surface area (Å²) < 4.78 is 0. The number of ketones is 1. The third-order valence-electron chi connectivity index (χ3n) is 1.18. The van der Waals surface area contributed by atoms with Gasteiger partial charge in [0.05, 0.1) is 0 Å². The van der Waals surface area contributed by atoms with Crippen LogP contribution in [0.1, 0.15) is 24.2 Å². The Labute approximate surface area is 81.9 Å². The molecule has 1 nitrogen and oxygen atoms in total. The highest BCUT2D eigenvalue weighted by Crippen LogP contribution is 1.97. The molecule has 0 heterocycles. The van der Waals surface area contributed by atoms with Gasteiger partial charge in [0.2, 0.25) is 0 Å². The van der Waals surface area contributed by atoms with Crippen LogP contribution in [0.15, 0.2) is 30.3 Å². The van der Waals surface area contributed by atoms with Crippen molar-refractivity contribution in [2.45, 2.75) is 13.8 Å². The average Bonchev–Trinajstić information content (AvgIpc) is 2.07. The Kier molecular flexibility index (Phi) is 6.67. The maximum Gasteiger partial charge on any atom is 0.159 e. The average molecular weight is 229 g/mol. The second kappa shape index (κ2) is 7.04. The van der Waals surface area contributed by atoms with Crippen LogP contribution in [0.5, 0.6) is 0 Å². The van der Waals surface area contributed by atoms with Gasteiger partial charge in [0.15, 0.2) is 5.78 Å². The minimum absolute atomic E-state index is 0.121. The topological polar surface area (TPSA) is 17.1 Å². The monoisotopic (exact) mass is 228 g/mol. The van der Waals surface area contributed by atoms with Crippen molar-refractivity contribution in [2.75, 3.05) is 5.33 Å². The van der Waals surface area contributed by atoms with E-state index in [1.54, 1.807) is 6.92 Å². The van der Waals surface area contributed by atoms with Crippen molar-refractivity contribution in [3.05, 3.63) is 35.9 Å². The highest BCUT2D eigenvalue weighted by atomic mass is 79.9. The first kappa shape index (κ1) is 11.4. The van der Waals surface area contributed by atoms with E-state index in [0.29, 0.717) is 0 Å². The molecule has 0 unspecified atom stereocenters. The Morgan fingerprint density at radius 1 is 1.33 bits per heavy atom. The number of halogens is 1. The molecule has 0 aromatic heterocycles. The van der Waals surface area contributed by atoms with E-state index in [9.17, 15) is 4.79 Å². The first-order valence-electron chi connectivity index (χ1n) is 3.84. The molecule has 0 fully saturated rings. The smallest absolute Gasteiger partial charge is 0.159 e. The number of rotatable bonds is 1. The Morgan fingerprint density at radius 3 is 2.00 bits per heavy atom. The summed E-state index contributed by atoms with van der Waals surface area (Å²) in [6.07, 6.45) is 0.